The molecule has 1 aromatic heterocycles. The Labute approximate surface area is 211 Å². The predicted molar refractivity (Wildman–Crippen MR) is 135 cm³/mol. The number of nitrogens with zero attached hydrogens (tertiary/aromatic N) is 1. The van der Waals surface area contributed by atoms with E-state index in [1.54, 1.807) is 32.4 Å². The number of hydrogen-bond donors (Lipinski definition) is 1. The number of ether oxygens (including phenoxy) is 3. The van der Waals surface area contributed by atoms with E-state index in [0.29, 0.717) is 28.2 Å². The molecule has 1 heterocycles. The van der Waals surface area contributed by atoms with Crippen LogP contribution in [0.15, 0.2) is 76.0 Å². The summed E-state index contributed by atoms with van der Waals surface area (Å²) >= 11 is 7.83. The third-order valence-corrected chi connectivity index (χ3v) is 6.49. The summed E-state index contributed by atoms with van der Waals surface area (Å²) in [7, 11) is 3.25. The van der Waals surface area contributed by atoms with Crippen LogP contribution in [-0.2, 0) is 10.5 Å². The molecule has 0 radical (unpaired) electrons. The summed E-state index contributed by atoms with van der Waals surface area (Å²) in [4.78, 5) is 16.3. The van der Waals surface area contributed by atoms with Crippen LogP contribution in [0.5, 0.6) is 17.2 Å². The van der Waals surface area contributed by atoms with Crippen LogP contribution in [0.25, 0.3) is 22.6 Å². The van der Waals surface area contributed by atoms with Gasteiger partial charge in [0.05, 0.1) is 25.0 Å². The molecule has 0 saturated heterocycles. The second kappa shape index (κ2) is 11.2. The van der Waals surface area contributed by atoms with Gasteiger partial charge in [-0.1, -0.05) is 11.6 Å². The fourth-order valence-corrected chi connectivity index (χ4v) is 4.38. The molecule has 35 heavy (non-hydrogen) atoms. The van der Waals surface area contributed by atoms with Crippen molar-refractivity contribution in [1.29, 1.82) is 0 Å². The van der Waals surface area contributed by atoms with Crippen LogP contribution in [0.4, 0.5) is 0 Å². The molecule has 0 aliphatic heterocycles. The highest BCUT2D eigenvalue weighted by Crippen LogP contribution is 2.37. The summed E-state index contributed by atoms with van der Waals surface area (Å²) in [5.74, 6) is 2.47. The average molecular weight is 512 g/mol. The highest BCUT2D eigenvalue weighted by Gasteiger charge is 2.18. The molecular formula is C26H22ClNO6S. The summed E-state index contributed by atoms with van der Waals surface area (Å²) in [5.41, 5.74) is 2.49. The van der Waals surface area contributed by atoms with Crippen LogP contribution in [0.2, 0.25) is 5.02 Å². The molecule has 0 aliphatic carbocycles. The Morgan fingerprint density at radius 3 is 2.11 bits per heavy atom. The minimum absolute atomic E-state index is 0.390. The fraction of sp³-hybridized carbons (Fsp3) is 0.154. The molecule has 180 valence electrons. The standard InChI is InChI=1S/C26H22ClNO6S/c1-31-18-7-3-16(4-8-18)25-26(17-5-9-19(32-2)10-6-17)34-23(28-25)15-35-22-12-11-20(13-21(22)27)33-14-24(29)30/h3-13H,14-15H2,1-2H3,(H,29,30). The van der Waals surface area contributed by atoms with Gasteiger partial charge in [-0.15, -0.1) is 11.8 Å². The van der Waals surface area contributed by atoms with Crippen LogP contribution in [-0.4, -0.2) is 36.9 Å². The number of carboxylic acids is 1. The second-order valence-corrected chi connectivity index (χ2v) is 8.73. The minimum Gasteiger partial charge on any atom is -0.497 e. The van der Waals surface area contributed by atoms with Gasteiger partial charge in [0.15, 0.2) is 12.4 Å². The lowest BCUT2D eigenvalue weighted by atomic mass is 10.1. The molecule has 7 nitrogen and oxygen atoms in total. The summed E-state index contributed by atoms with van der Waals surface area (Å²) in [6.45, 7) is -0.429. The summed E-state index contributed by atoms with van der Waals surface area (Å²) in [6.07, 6.45) is 0. The lowest BCUT2D eigenvalue weighted by molar-refractivity contribution is -0.139. The molecule has 0 atom stereocenters. The first kappa shape index (κ1) is 24.5. The Morgan fingerprint density at radius 2 is 1.54 bits per heavy atom. The van der Waals surface area contributed by atoms with E-state index in [2.05, 4.69) is 0 Å². The fourth-order valence-electron chi connectivity index (χ4n) is 3.28. The van der Waals surface area contributed by atoms with Crippen molar-refractivity contribution in [3.05, 3.63) is 77.6 Å². The predicted octanol–water partition coefficient (Wildman–Crippen LogP) is 6.43. The van der Waals surface area contributed by atoms with Gasteiger partial charge >= 0.3 is 5.97 Å². The Balaban J connectivity index is 1.59. The number of aliphatic carboxylic acids is 1. The molecular weight excluding hydrogens is 490 g/mol. The van der Waals surface area contributed by atoms with Crippen molar-refractivity contribution < 1.29 is 28.5 Å². The third kappa shape index (κ3) is 6.09. The van der Waals surface area contributed by atoms with E-state index in [-0.39, 0.29) is 0 Å². The minimum atomic E-state index is -1.05. The molecule has 0 saturated carbocycles. The average Bonchev–Trinajstić information content (AvgIpc) is 3.31. The van der Waals surface area contributed by atoms with Gasteiger partial charge in [0.25, 0.3) is 0 Å². The van der Waals surface area contributed by atoms with Crippen molar-refractivity contribution in [2.45, 2.75) is 10.6 Å². The zero-order chi connectivity index (χ0) is 24.8. The van der Waals surface area contributed by atoms with Crippen LogP contribution in [0.3, 0.4) is 0 Å². The summed E-state index contributed by atoms with van der Waals surface area (Å²) in [5, 5.41) is 9.21. The molecule has 3 aromatic carbocycles. The molecule has 0 amide bonds. The number of methoxy groups -OCH3 is 2. The summed E-state index contributed by atoms with van der Waals surface area (Å²) < 4.78 is 21.9. The lowest BCUT2D eigenvalue weighted by Crippen LogP contribution is -2.09. The van der Waals surface area contributed by atoms with Gasteiger partial charge in [-0.05, 0) is 66.7 Å². The number of aromatic nitrogens is 1. The van der Waals surface area contributed by atoms with E-state index >= 15 is 0 Å². The van der Waals surface area contributed by atoms with E-state index < -0.39 is 12.6 Å². The second-order valence-electron chi connectivity index (χ2n) is 7.31. The largest absolute Gasteiger partial charge is 0.497 e. The van der Waals surface area contributed by atoms with Gasteiger partial charge in [-0.2, -0.15) is 0 Å². The number of hydrogen-bond acceptors (Lipinski definition) is 7. The molecule has 0 aliphatic rings. The van der Waals surface area contributed by atoms with Crippen LogP contribution >= 0.6 is 23.4 Å². The van der Waals surface area contributed by atoms with Gasteiger partial charge in [0.2, 0.25) is 5.89 Å². The quantitative estimate of drug-likeness (QED) is 0.243. The number of thioether (sulfide) groups is 1. The first-order valence-electron chi connectivity index (χ1n) is 10.5. The molecule has 0 unspecified atom stereocenters. The van der Waals surface area contributed by atoms with Crippen molar-refractivity contribution in [2.24, 2.45) is 0 Å². The maximum absolute atomic E-state index is 10.7. The number of benzene rings is 3. The van der Waals surface area contributed by atoms with Gasteiger partial charge in [-0.25, -0.2) is 9.78 Å². The molecule has 0 spiro atoms. The molecule has 4 rings (SSSR count). The van der Waals surface area contributed by atoms with Crippen LogP contribution < -0.4 is 14.2 Å². The molecule has 0 bridgehead atoms. The number of oxazole rings is 1. The monoisotopic (exact) mass is 511 g/mol. The highest BCUT2D eigenvalue weighted by molar-refractivity contribution is 7.98. The zero-order valence-corrected chi connectivity index (χ0v) is 20.6. The topological polar surface area (TPSA) is 91.0 Å². The Bertz CT molecular complexity index is 1240. The van der Waals surface area contributed by atoms with Gasteiger partial charge < -0.3 is 23.7 Å². The Hall–Kier alpha value is -3.62. The highest BCUT2D eigenvalue weighted by atomic mass is 35.5. The first-order chi connectivity index (χ1) is 17.0. The zero-order valence-electron chi connectivity index (χ0n) is 19.0. The number of halogens is 1. The molecule has 4 aromatic rings. The van der Waals surface area contributed by atoms with Crippen molar-refractivity contribution >= 4 is 29.3 Å². The van der Waals surface area contributed by atoms with E-state index in [9.17, 15) is 4.79 Å². The van der Waals surface area contributed by atoms with Crippen molar-refractivity contribution in [2.75, 3.05) is 20.8 Å². The molecule has 9 heteroatoms. The third-order valence-electron chi connectivity index (χ3n) is 5.00. The molecule has 1 N–H and O–H groups in total. The van der Waals surface area contributed by atoms with Crippen LogP contribution in [0.1, 0.15) is 5.89 Å². The Kier molecular flexibility index (Phi) is 7.84. The summed E-state index contributed by atoms with van der Waals surface area (Å²) in [6, 6.07) is 20.3. The Morgan fingerprint density at radius 1 is 0.943 bits per heavy atom. The van der Waals surface area contributed by atoms with E-state index in [0.717, 1.165) is 33.2 Å². The normalized spacial score (nSPS) is 10.7. The lowest BCUT2D eigenvalue weighted by Gasteiger charge is -2.06. The van der Waals surface area contributed by atoms with Gasteiger partial charge in [0, 0.05) is 16.0 Å². The maximum atomic E-state index is 10.7. The van der Waals surface area contributed by atoms with E-state index in [4.69, 9.17) is 40.3 Å². The first-order valence-corrected chi connectivity index (χ1v) is 11.9. The van der Waals surface area contributed by atoms with Crippen molar-refractivity contribution in [3.8, 4) is 39.8 Å². The van der Waals surface area contributed by atoms with Gasteiger partial charge in [0.1, 0.15) is 22.9 Å². The number of carbonyl (C=O) groups is 1. The van der Waals surface area contributed by atoms with E-state index in [1.165, 1.54) is 11.8 Å². The number of carboxylic acid groups (broad SMARTS) is 1. The maximum Gasteiger partial charge on any atom is 0.341 e. The number of rotatable bonds is 10. The van der Waals surface area contributed by atoms with E-state index in [1.807, 2.05) is 48.5 Å². The van der Waals surface area contributed by atoms with Gasteiger partial charge in [-0.3, -0.25) is 0 Å². The molecule has 0 fully saturated rings. The van der Waals surface area contributed by atoms with Crippen molar-refractivity contribution in [1.82, 2.24) is 4.98 Å². The SMILES string of the molecule is COc1ccc(-c2nc(CSc3ccc(OCC(=O)O)cc3Cl)oc2-c2ccc(OC)cc2)cc1. The van der Waals surface area contributed by atoms with Crippen molar-refractivity contribution in [3.63, 3.8) is 0 Å². The smallest absolute Gasteiger partial charge is 0.341 e. The van der Waals surface area contributed by atoms with Crippen LogP contribution in [0, 0.1) is 0 Å².